The summed E-state index contributed by atoms with van der Waals surface area (Å²) in [5.41, 5.74) is 1.13. The normalized spacial score (nSPS) is 20.1. The molecule has 7 nitrogen and oxygen atoms in total. The minimum absolute atomic E-state index is 0.00508. The van der Waals surface area contributed by atoms with Crippen molar-refractivity contribution >= 4 is 16.6 Å². The fraction of sp³-hybridized carbons (Fsp3) is 0.550. The van der Waals surface area contributed by atoms with Crippen LogP contribution in [-0.4, -0.2) is 63.5 Å². The first-order chi connectivity index (χ1) is 13.5. The van der Waals surface area contributed by atoms with Gasteiger partial charge in [0.25, 0.3) is 0 Å². The van der Waals surface area contributed by atoms with E-state index in [0.29, 0.717) is 42.2 Å². The Bertz CT molecular complexity index is 949. The summed E-state index contributed by atoms with van der Waals surface area (Å²) < 4.78 is 33.8. The highest BCUT2D eigenvalue weighted by Gasteiger charge is 2.31. The minimum atomic E-state index is -0.806. The minimum Gasteiger partial charge on any atom is -0.487 e. The molecule has 2 aliphatic heterocycles. The van der Waals surface area contributed by atoms with Crippen LogP contribution in [0.4, 0.5) is 10.1 Å². The van der Waals surface area contributed by atoms with Crippen LogP contribution in [0, 0.1) is 5.82 Å². The SMILES string of the molecule is COC(OC)c1cn2c3c(c(N4CCN(C)CC4)c(F)cc3c1=O)OC[C@@H]2C. The van der Waals surface area contributed by atoms with Crippen molar-refractivity contribution in [3.05, 3.63) is 33.9 Å². The van der Waals surface area contributed by atoms with Crippen LogP contribution < -0.4 is 15.1 Å². The summed E-state index contributed by atoms with van der Waals surface area (Å²) in [6, 6.07) is 1.33. The van der Waals surface area contributed by atoms with Gasteiger partial charge < -0.3 is 28.6 Å². The van der Waals surface area contributed by atoms with E-state index in [2.05, 4.69) is 11.9 Å². The zero-order valence-electron chi connectivity index (χ0n) is 16.7. The van der Waals surface area contributed by atoms with Crippen molar-refractivity contribution < 1.29 is 18.6 Å². The van der Waals surface area contributed by atoms with Gasteiger partial charge in [-0.15, -0.1) is 0 Å². The Kier molecular flexibility index (Phi) is 5.03. The molecule has 1 fully saturated rings. The van der Waals surface area contributed by atoms with E-state index in [-0.39, 0.29) is 16.9 Å². The van der Waals surface area contributed by atoms with Crippen LogP contribution >= 0.6 is 0 Å². The first-order valence-corrected chi connectivity index (χ1v) is 9.49. The lowest BCUT2D eigenvalue weighted by molar-refractivity contribution is -0.106. The number of ether oxygens (including phenoxy) is 3. The number of pyridine rings is 1. The molecule has 1 aromatic carbocycles. The summed E-state index contributed by atoms with van der Waals surface area (Å²) in [6.07, 6.45) is 0.949. The van der Waals surface area contributed by atoms with Gasteiger partial charge in [-0.05, 0) is 20.0 Å². The third-order valence-corrected chi connectivity index (χ3v) is 5.67. The molecule has 2 aromatic rings. The van der Waals surface area contributed by atoms with Crippen LogP contribution in [0.5, 0.6) is 5.75 Å². The van der Waals surface area contributed by atoms with Gasteiger partial charge in [0.1, 0.15) is 12.3 Å². The molecule has 152 valence electrons. The topological polar surface area (TPSA) is 56.2 Å². The van der Waals surface area contributed by atoms with Gasteiger partial charge >= 0.3 is 0 Å². The molecule has 0 unspecified atom stereocenters. The molecular weight excluding hydrogens is 365 g/mol. The maximum absolute atomic E-state index is 15.2. The van der Waals surface area contributed by atoms with Crippen LogP contribution in [0.3, 0.4) is 0 Å². The second kappa shape index (κ2) is 7.35. The average molecular weight is 391 g/mol. The van der Waals surface area contributed by atoms with E-state index >= 15 is 4.39 Å². The van der Waals surface area contributed by atoms with E-state index in [1.54, 1.807) is 6.20 Å². The summed E-state index contributed by atoms with van der Waals surface area (Å²) in [5, 5.41) is 0.286. The largest absolute Gasteiger partial charge is 0.487 e. The molecular formula is C20H26FN3O4. The fourth-order valence-corrected chi connectivity index (χ4v) is 4.08. The second-order valence-electron chi connectivity index (χ2n) is 7.51. The van der Waals surface area contributed by atoms with Crippen molar-refractivity contribution in [3.63, 3.8) is 0 Å². The van der Waals surface area contributed by atoms with Crippen molar-refractivity contribution in [3.8, 4) is 5.75 Å². The van der Waals surface area contributed by atoms with E-state index in [4.69, 9.17) is 14.2 Å². The number of hydrogen-bond acceptors (Lipinski definition) is 6. The molecule has 0 spiro atoms. The van der Waals surface area contributed by atoms with Crippen molar-refractivity contribution in [2.45, 2.75) is 19.3 Å². The van der Waals surface area contributed by atoms with Gasteiger partial charge in [0.15, 0.2) is 23.3 Å². The van der Waals surface area contributed by atoms with Crippen LogP contribution in [0.2, 0.25) is 0 Å². The number of piperazine rings is 1. The highest BCUT2D eigenvalue weighted by molar-refractivity contribution is 5.92. The summed E-state index contributed by atoms with van der Waals surface area (Å²) in [5.74, 6) is 0.0153. The van der Waals surface area contributed by atoms with Crippen LogP contribution in [0.25, 0.3) is 10.9 Å². The lowest BCUT2D eigenvalue weighted by Crippen LogP contribution is -2.45. The third-order valence-electron chi connectivity index (χ3n) is 5.67. The third kappa shape index (κ3) is 2.96. The predicted octanol–water partition coefficient (Wildman–Crippen LogP) is 2.14. The highest BCUT2D eigenvalue weighted by atomic mass is 19.1. The molecule has 0 radical (unpaired) electrons. The van der Waals surface area contributed by atoms with Gasteiger partial charge in [0, 0.05) is 46.6 Å². The molecule has 8 heteroatoms. The first kappa shape index (κ1) is 19.2. The predicted molar refractivity (Wildman–Crippen MR) is 105 cm³/mol. The Morgan fingerprint density at radius 1 is 1.21 bits per heavy atom. The number of nitrogens with zero attached hydrogens (tertiary/aromatic N) is 3. The van der Waals surface area contributed by atoms with E-state index in [9.17, 15) is 4.79 Å². The number of anilines is 1. The number of rotatable bonds is 4. The molecule has 3 heterocycles. The molecule has 4 rings (SSSR count). The lowest BCUT2D eigenvalue weighted by atomic mass is 10.0. The van der Waals surface area contributed by atoms with E-state index in [0.717, 1.165) is 13.1 Å². The monoisotopic (exact) mass is 391 g/mol. The maximum Gasteiger partial charge on any atom is 0.197 e. The summed E-state index contributed by atoms with van der Waals surface area (Å²) in [7, 11) is 5.00. The maximum atomic E-state index is 15.2. The zero-order chi connectivity index (χ0) is 20.0. The van der Waals surface area contributed by atoms with Gasteiger partial charge in [-0.2, -0.15) is 0 Å². The Balaban J connectivity index is 1.96. The Morgan fingerprint density at radius 3 is 2.54 bits per heavy atom. The van der Waals surface area contributed by atoms with Gasteiger partial charge in [-0.3, -0.25) is 4.79 Å². The van der Waals surface area contributed by atoms with Crippen molar-refractivity contribution in [1.29, 1.82) is 0 Å². The number of methoxy groups -OCH3 is 2. The molecule has 2 aliphatic rings. The molecule has 1 saturated heterocycles. The highest BCUT2D eigenvalue weighted by Crippen LogP contribution is 2.42. The molecule has 0 saturated carbocycles. The molecule has 0 bridgehead atoms. The van der Waals surface area contributed by atoms with E-state index in [1.807, 2.05) is 16.4 Å². The van der Waals surface area contributed by atoms with E-state index < -0.39 is 12.1 Å². The Morgan fingerprint density at radius 2 is 1.89 bits per heavy atom. The van der Waals surface area contributed by atoms with Crippen LogP contribution in [0.15, 0.2) is 17.1 Å². The summed E-state index contributed by atoms with van der Waals surface area (Å²) in [4.78, 5) is 17.3. The van der Waals surface area contributed by atoms with Crippen molar-refractivity contribution in [1.82, 2.24) is 9.47 Å². The Labute approximate surface area is 163 Å². The molecule has 0 aliphatic carbocycles. The Hall–Kier alpha value is -2.16. The van der Waals surface area contributed by atoms with Crippen LogP contribution in [-0.2, 0) is 9.47 Å². The first-order valence-electron chi connectivity index (χ1n) is 9.49. The molecule has 0 amide bonds. The lowest BCUT2D eigenvalue weighted by Gasteiger charge is -2.37. The zero-order valence-corrected chi connectivity index (χ0v) is 16.7. The molecule has 1 atom stereocenters. The molecule has 28 heavy (non-hydrogen) atoms. The van der Waals surface area contributed by atoms with Gasteiger partial charge in [0.05, 0.1) is 22.5 Å². The standard InChI is InChI=1S/C20H26FN3O4/c1-12-11-28-19-16-13(18(25)14(10-24(12)16)20(26-3)27-4)9-15(21)17(19)23-7-5-22(2)6-8-23/h9-10,12,20H,5-8,11H2,1-4H3/t12-/m0/s1. The number of aromatic nitrogens is 1. The second-order valence-corrected chi connectivity index (χ2v) is 7.51. The van der Waals surface area contributed by atoms with Gasteiger partial charge in [-0.1, -0.05) is 0 Å². The van der Waals surface area contributed by atoms with Gasteiger partial charge in [-0.25, -0.2) is 4.39 Å². The fourth-order valence-electron chi connectivity index (χ4n) is 4.08. The smallest absolute Gasteiger partial charge is 0.197 e. The van der Waals surface area contributed by atoms with Crippen molar-refractivity contribution in [2.24, 2.45) is 0 Å². The summed E-state index contributed by atoms with van der Waals surface area (Å²) >= 11 is 0. The van der Waals surface area contributed by atoms with Gasteiger partial charge in [0.2, 0.25) is 0 Å². The summed E-state index contributed by atoms with van der Waals surface area (Å²) in [6.45, 7) is 5.53. The molecule has 1 aromatic heterocycles. The average Bonchev–Trinajstić information content (AvgIpc) is 2.69. The number of halogens is 1. The number of hydrogen-bond donors (Lipinski definition) is 0. The van der Waals surface area contributed by atoms with E-state index in [1.165, 1.54) is 20.3 Å². The number of benzene rings is 1. The number of likely N-dealkylation sites (N-methyl/N-ethyl adjacent to an activating group) is 1. The van der Waals surface area contributed by atoms with Crippen molar-refractivity contribution in [2.75, 3.05) is 59.0 Å². The van der Waals surface area contributed by atoms with Crippen LogP contribution in [0.1, 0.15) is 24.8 Å². The molecule has 0 N–H and O–H groups in total. The quantitative estimate of drug-likeness (QED) is 0.745.